The van der Waals surface area contributed by atoms with Gasteiger partial charge in [0.25, 0.3) is 0 Å². The smallest absolute Gasteiger partial charge is 0.433 e. The first-order chi connectivity index (χ1) is 16.8. The van der Waals surface area contributed by atoms with E-state index in [4.69, 9.17) is 10.8 Å². The summed E-state index contributed by atoms with van der Waals surface area (Å²) in [4.78, 5) is 12.9. The zero-order valence-electron chi connectivity index (χ0n) is 20.4. The summed E-state index contributed by atoms with van der Waals surface area (Å²) in [6.45, 7) is 3.07. The lowest BCUT2D eigenvalue weighted by molar-refractivity contribution is -0.250. The summed E-state index contributed by atoms with van der Waals surface area (Å²) in [5, 5.41) is 20.3. The van der Waals surface area contributed by atoms with E-state index in [2.05, 4.69) is 17.2 Å². The number of nitrogen functional groups attached to an aromatic ring is 1. The van der Waals surface area contributed by atoms with Gasteiger partial charge in [0.1, 0.15) is 0 Å². The molecule has 15 heteroatoms. The Bertz CT molecular complexity index is 840. The number of aromatic nitrogens is 1. The van der Waals surface area contributed by atoms with Gasteiger partial charge in [-0.25, -0.2) is 9.78 Å². The maximum absolute atomic E-state index is 12.4. The summed E-state index contributed by atoms with van der Waals surface area (Å²) in [6, 6.07) is -0.0979. The summed E-state index contributed by atoms with van der Waals surface area (Å²) in [7, 11) is 0. The zero-order chi connectivity index (χ0) is 29.1. The Morgan fingerprint density at radius 1 is 0.919 bits per heavy atom. The molecular weight excluding hydrogens is 525 g/mol. The van der Waals surface area contributed by atoms with Crippen LogP contribution < -0.4 is 11.1 Å². The summed E-state index contributed by atoms with van der Waals surface area (Å²) in [5.41, 5.74) is -4.45. The zero-order valence-corrected chi connectivity index (χ0v) is 20.4. The van der Waals surface area contributed by atoms with Crippen molar-refractivity contribution in [2.75, 3.05) is 18.8 Å². The molecule has 37 heavy (non-hydrogen) atoms. The lowest BCUT2D eigenvalue weighted by atomic mass is 10.1. The number of anilines is 1. The quantitative estimate of drug-likeness (QED) is 0.174. The van der Waals surface area contributed by atoms with Crippen LogP contribution in [0, 0.1) is 0 Å². The molecule has 6 nitrogen and oxygen atoms in total. The fourth-order valence-electron chi connectivity index (χ4n) is 2.95. The molecule has 0 saturated heterocycles. The molecule has 0 radical (unpaired) electrons. The van der Waals surface area contributed by atoms with Gasteiger partial charge in [0.2, 0.25) is 0 Å². The Hall–Kier alpha value is -2.29. The van der Waals surface area contributed by atoms with Gasteiger partial charge in [-0.3, -0.25) is 0 Å². The molecule has 0 aromatic carbocycles. The first-order valence-corrected chi connectivity index (χ1v) is 11.4. The van der Waals surface area contributed by atoms with Gasteiger partial charge >= 0.3 is 24.5 Å². The number of nitrogens with zero attached hydrogens (tertiary/aromatic N) is 1. The van der Waals surface area contributed by atoms with Crippen LogP contribution in [0.4, 0.5) is 45.2 Å². The second kappa shape index (κ2) is 14.6. The number of pyridine rings is 1. The monoisotopic (exact) mass is 557 g/mol. The third-order valence-corrected chi connectivity index (χ3v) is 5.12. The maximum Gasteiger partial charge on any atom is 0.433 e. The van der Waals surface area contributed by atoms with Crippen LogP contribution in [0.25, 0.3) is 0 Å². The van der Waals surface area contributed by atoms with Crippen LogP contribution in [0.2, 0.25) is 0 Å². The van der Waals surface area contributed by atoms with Crippen molar-refractivity contribution in [3.63, 3.8) is 0 Å². The Kier molecular flexibility index (Phi) is 13.7. The van der Waals surface area contributed by atoms with Crippen LogP contribution in [-0.4, -0.2) is 46.0 Å². The van der Waals surface area contributed by atoms with Gasteiger partial charge in [0, 0.05) is 6.54 Å². The van der Waals surface area contributed by atoms with Crippen molar-refractivity contribution in [2.45, 2.75) is 89.3 Å². The van der Waals surface area contributed by atoms with E-state index < -0.39 is 59.3 Å². The third-order valence-electron chi connectivity index (χ3n) is 5.12. The minimum absolute atomic E-state index is 0.0979. The van der Waals surface area contributed by atoms with Crippen molar-refractivity contribution in [3.8, 4) is 0 Å². The van der Waals surface area contributed by atoms with Crippen LogP contribution in [0.3, 0.4) is 0 Å². The molecule has 0 aliphatic carbocycles. The number of carboxylic acid groups (broad SMARTS) is 1. The fraction of sp³-hybridized carbons (Fsp3) is 0.727. The highest BCUT2D eigenvalue weighted by Gasteiger charge is 2.49. The van der Waals surface area contributed by atoms with Crippen molar-refractivity contribution >= 4 is 11.7 Å². The predicted octanol–water partition coefficient (Wildman–Crippen LogP) is 6.43. The first-order valence-electron chi connectivity index (χ1n) is 11.4. The maximum atomic E-state index is 12.4. The molecule has 0 aliphatic rings. The van der Waals surface area contributed by atoms with E-state index in [-0.39, 0.29) is 6.07 Å². The number of aromatic carboxylic acids is 1. The van der Waals surface area contributed by atoms with Crippen molar-refractivity contribution in [1.82, 2.24) is 10.3 Å². The molecule has 1 atom stereocenters. The molecule has 0 spiro atoms. The standard InChI is InChI=1S/C14H28F3NO.C8H4F6N2O2/c1-3-4-5-6-7-8-9-10-11-18-12-13(2,19)14(15,16)17;9-7(10,11)2-1-3(15)4(6(17)18)16-5(2)8(12,13)14/h18-19H,3-12H2,1-2H3;1H,15H2,(H,17,18). The van der Waals surface area contributed by atoms with Gasteiger partial charge in [0.05, 0.1) is 11.3 Å². The van der Waals surface area contributed by atoms with Crippen LogP contribution in [0.15, 0.2) is 6.07 Å². The number of nitrogens with two attached hydrogens (primary N) is 1. The fourth-order valence-corrected chi connectivity index (χ4v) is 2.95. The molecule has 1 aromatic rings. The minimum atomic E-state index is -5.44. The second-order valence-electron chi connectivity index (χ2n) is 8.55. The van der Waals surface area contributed by atoms with Gasteiger partial charge in [-0.1, -0.05) is 51.9 Å². The summed E-state index contributed by atoms with van der Waals surface area (Å²) in [5.74, 6) is -1.95. The molecule has 1 rings (SSSR count). The number of hydrogen-bond acceptors (Lipinski definition) is 5. The molecular formula is C22H32F9N3O3. The van der Waals surface area contributed by atoms with Crippen molar-refractivity contribution in [2.24, 2.45) is 0 Å². The lowest BCUT2D eigenvalue weighted by Crippen LogP contribution is -2.50. The normalized spacial score (nSPS) is 14.1. The number of rotatable bonds is 12. The number of hydrogen-bond donors (Lipinski definition) is 4. The van der Waals surface area contributed by atoms with Crippen LogP contribution in [-0.2, 0) is 12.4 Å². The number of carbonyl (C=O) groups is 1. The van der Waals surface area contributed by atoms with Crippen molar-refractivity contribution in [1.29, 1.82) is 0 Å². The predicted molar refractivity (Wildman–Crippen MR) is 118 cm³/mol. The van der Waals surface area contributed by atoms with Crippen molar-refractivity contribution < 1.29 is 54.5 Å². The Morgan fingerprint density at radius 2 is 1.41 bits per heavy atom. The van der Waals surface area contributed by atoms with Crippen LogP contribution in [0.1, 0.15) is 87.0 Å². The SMILES string of the molecule is CCCCCCCCCCNCC(C)(O)C(F)(F)F.Nc1cc(C(F)(F)F)c(C(F)(F)F)nc1C(=O)O. The Labute approximate surface area is 208 Å². The number of carboxylic acids is 1. The molecule has 216 valence electrons. The first kappa shape index (κ1) is 34.7. The highest BCUT2D eigenvalue weighted by Crippen LogP contribution is 2.40. The molecule has 1 heterocycles. The number of halogens is 9. The summed E-state index contributed by atoms with van der Waals surface area (Å²) in [6.07, 6.45) is -6.05. The molecule has 5 N–H and O–H groups in total. The van der Waals surface area contributed by atoms with E-state index in [1.807, 2.05) is 0 Å². The molecule has 0 bridgehead atoms. The van der Waals surface area contributed by atoms with Gasteiger partial charge in [0.15, 0.2) is 17.0 Å². The van der Waals surface area contributed by atoms with E-state index >= 15 is 0 Å². The lowest BCUT2D eigenvalue weighted by Gasteiger charge is -2.26. The summed E-state index contributed by atoms with van der Waals surface area (Å²) < 4.78 is 111. The van der Waals surface area contributed by atoms with Gasteiger partial charge < -0.3 is 21.3 Å². The van der Waals surface area contributed by atoms with Crippen molar-refractivity contribution in [3.05, 3.63) is 23.0 Å². The second-order valence-corrected chi connectivity index (χ2v) is 8.55. The van der Waals surface area contributed by atoms with E-state index in [0.29, 0.717) is 6.54 Å². The summed E-state index contributed by atoms with van der Waals surface area (Å²) >= 11 is 0. The van der Waals surface area contributed by atoms with Gasteiger partial charge in [-0.2, -0.15) is 39.5 Å². The molecule has 0 aliphatic heterocycles. The van der Waals surface area contributed by atoms with Crippen LogP contribution >= 0.6 is 0 Å². The molecule has 0 amide bonds. The van der Waals surface area contributed by atoms with E-state index in [9.17, 15) is 49.4 Å². The Balaban J connectivity index is 0.000000701. The van der Waals surface area contributed by atoms with Gasteiger partial charge in [-0.15, -0.1) is 0 Å². The number of alkyl halides is 9. The van der Waals surface area contributed by atoms with E-state index in [0.717, 1.165) is 26.2 Å². The molecule has 1 unspecified atom stereocenters. The molecule has 0 saturated carbocycles. The third kappa shape index (κ3) is 12.7. The average molecular weight is 557 g/mol. The highest BCUT2D eigenvalue weighted by molar-refractivity contribution is 5.91. The van der Waals surface area contributed by atoms with E-state index in [1.165, 1.54) is 32.1 Å². The van der Waals surface area contributed by atoms with E-state index in [1.54, 1.807) is 0 Å². The minimum Gasteiger partial charge on any atom is -0.476 e. The Morgan fingerprint density at radius 3 is 1.81 bits per heavy atom. The van der Waals surface area contributed by atoms with Crippen LogP contribution in [0.5, 0.6) is 0 Å². The highest BCUT2D eigenvalue weighted by atomic mass is 19.4. The number of aliphatic hydroxyl groups is 1. The number of unbranched alkanes of at least 4 members (excludes halogenated alkanes) is 7. The van der Waals surface area contributed by atoms with Gasteiger partial charge in [-0.05, 0) is 26.0 Å². The molecule has 1 aromatic heterocycles. The topological polar surface area (TPSA) is 108 Å². The number of nitrogens with one attached hydrogen (secondary N) is 1. The average Bonchev–Trinajstić information content (AvgIpc) is 2.72. The largest absolute Gasteiger partial charge is 0.476 e. The molecule has 0 fully saturated rings.